The number of nitrogens with one attached hydrogen (secondary N) is 1. The van der Waals surface area contributed by atoms with Gasteiger partial charge < -0.3 is 5.32 Å². The van der Waals surface area contributed by atoms with Crippen LogP contribution < -0.4 is 5.32 Å². The molecular formula is C19H26ClNS. The summed E-state index contributed by atoms with van der Waals surface area (Å²) in [5.41, 5.74) is 2.90. The van der Waals surface area contributed by atoms with E-state index in [1.165, 1.54) is 22.4 Å². The van der Waals surface area contributed by atoms with E-state index in [9.17, 15) is 0 Å². The van der Waals surface area contributed by atoms with Gasteiger partial charge >= 0.3 is 0 Å². The second-order valence-electron chi connectivity index (χ2n) is 5.27. The smallest absolute Gasteiger partial charge is 0.0356 e. The Balaban J connectivity index is 0.00000242. The van der Waals surface area contributed by atoms with Crippen molar-refractivity contribution in [1.82, 2.24) is 5.32 Å². The van der Waals surface area contributed by atoms with Crippen LogP contribution in [0.3, 0.4) is 0 Å². The molecule has 0 saturated heterocycles. The molecule has 3 heteroatoms. The van der Waals surface area contributed by atoms with Crippen LogP contribution in [0.2, 0.25) is 0 Å². The van der Waals surface area contributed by atoms with Crippen LogP contribution in [-0.2, 0) is 6.42 Å². The molecule has 0 aliphatic heterocycles. The van der Waals surface area contributed by atoms with E-state index in [1.54, 1.807) is 0 Å². The summed E-state index contributed by atoms with van der Waals surface area (Å²) >= 11 is 2.01. The molecule has 2 rings (SSSR count). The highest BCUT2D eigenvalue weighted by Crippen LogP contribution is 2.39. The first-order valence-electron chi connectivity index (χ1n) is 7.79. The van der Waals surface area contributed by atoms with Crippen LogP contribution in [0, 0.1) is 0 Å². The summed E-state index contributed by atoms with van der Waals surface area (Å²) in [5, 5.41) is 3.79. The molecule has 0 aliphatic rings. The molecule has 0 radical (unpaired) electrons. The summed E-state index contributed by atoms with van der Waals surface area (Å²) in [6.07, 6.45) is 3.51. The van der Waals surface area contributed by atoms with Crippen LogP contribution >= 0.6 is 24.2 Å². The molecule has 1 N–H and O–H groups in total. The largest absolute Gasteiger partial charge is 0.320 e. The third kappa shape index (κ3) is 5.68. The first kappa shape index (κ1) is 19.1. The molecule has 0 aliphatic carbocycles. The Morgan fingerprint density at radius 3 is 2.36 bits per heavy atom. The highest BCUT2D eigenvalue weighted by Gasteiger charge is 2.14. The predicted molar refractivity (Wildman–Crippen MR) is 101 cm³/mol. The van der Waals surface area contributed by atoms with Crippen molar-refractivity contribution in [1.29, 1.82) is 0 Å². The zero-order valence-electron chi connectivity index (χ0n) is 13.4. The van der Waals surface area contributed by atoms with Crippen molar-refractivity contribution in [2.24, 2.45) is 0 Å². The zero-order valence-corrected chi connectivity index (χ0v) is 15.1. The second-order valence-corrected chi connectivity index (χ2v) is 6.51. The van der Waals surface area contributed by atoms with E-state index >= 15 is 0 Å². The van der Waals surface area contributed by atoms with Crippen molar-refractivity contribution in [2.75, 3.05) is 13.6 Å². The fourth-order valence-corrected chi connectivity index (χ4v) is 3.80. The van der Waals surface area contributed by atoms with Gasteiger partial charge in [-0.15, -0.1) is 24.2 Å². The van der Waals surface area contributed by atoms with Crippen molar-refractivity contribution in [3.63, 3.8) is 0 Å². The van der Waals surface area contributed by atoms with Gasteiger partial charge in [0.1, 0.15) is 0 Å². The fraction of sp³-hybridized carbons (Fsp3) is 0.368. The first-order chi connectivity index (χ1) is 10.3. The summed E-state index contributed by atoms with van der Waals surface area (Å²) in [6, 6.07) is 19.7. The maximum Gasteiger partial charge on any atom is 0.0356 e. The minimum atomic E-state index is 0. The van der Waals surface area contributed by atoms with Crippen molar-refractivity contribution < 1.29 is 0 Å². The molecule has 0 heterocycles. The predicted octanol–water partition coefficient (Wildman–Crippen LogP) is 5.50. The Hall–Kier alpha value is -0.960. The van der Waals surface area contributed by atoms with Crippen molar-refractivity contribution in [3.8, 4) is 0 Å². The summed E-state index contributed by atoms with van der Waals surface area (Å²) in [4.78, 5) is 1.43. The lowest BCUT2D eigenvalue weighted by Gasteiger charge is -2.19. The van der Waals surface area contributed by atoms with Gasteiger partial charge in [0.2, 0.25) is 0 Å². The van der Waals surface area contributed by atoms with Gasteiger partial charge in [0, 0.05) is 10.1 Å². The summed E-state index contributed by atoms with van der Waals surface area (Å²) in [7, 11) is 2.03. The van der Waals surface area contributed by atoms with E-state index in [2.05, 4.69) is 66.8 Å². The molecule has 22 heavy (non-hydrogen) atoms. The molecule has 0 bridgehead atoms. The second kappa shape index (κ2) is 10.7. The van der Waals surface area contributed by atoms with Crippen LogP contribution in [0.25, 0.3) is 0 Å². The highest BCUT2D eigenvalue weighted by molar-refractivity contribution is 7.99. The topological polar surface area (TPSA) is 12.0 Å². The van der Waals surface area contributed by atoms with Gasteiger partial charge in [-0.25, -0.2) is 0 Å². The lowest BCUT2D eigenvalue weighted by atomic mass is 10.1. The van der Waals surface area contributed by atoms with Gasteiger partial charge in [0.05, 0.1) is 0 Å². The standard InChI is InChI=1S/C19H25NS.ClH/c1-3-9-16-12-7-8-13-18(16)21-19(14-15-20-2)17-10-5-4-6-11-17;/h4-8,10-13,19-20H,3,9,14-15H2,1-2H3;1H/t19-;/m1./s1. The van der Waals surface area contributed by atoms with Crippen molar-refractivity contribution in [2.45, 2.75) is 36.3 Å². The van der Waals surface area contributed by atoms with E-state index in [0.29, 0.717) is 5.25 Å². The van der Waals surface area contributed by atoms with Crippen LogP contribution in [0.5, 0.6) is 0 Å². The number of halogens is 1. The molecule has 0 unspecified atom stereocenters. The Labute approximate surface area is 145 Å². The monoisotopic (exact) mass is 335 g/mol. The van der Waals surface area contributed by atoms with Gasteiger partial charge in [-0.05, 0) is 43.6 Å². The quantitative estimate of drug-likeness (QED) is 0.639. The number of hydrogen-bond acceptors (Lipinski definition) is 2. The molecule has 120 valence electrons. The third-order valence-electron chi connectivity index (χ3n) is 3.59. The first-order valence-corrected chi connectivity index (χ1v) is 8.67. The maximum atomic E-state index is 3.28. The molecule has 0 amide bonds. The Bertz CT molecular complexity index is 530. The van der Waals surface area contributed by atoms with Gasteiger partial charge in [-0.1, -0.05) is 61.9 Å². The van der Waals surface area contributed by atoms with Gasteiger partial charge in [-0.3, -0.25) is 0 Å². The summed E-state index contributed by atoms with van der Waals surface area (Å²) in [5.74, 6) is 0. The molecule has 1 atom stereocenters. The molecule has 1 nitrogen and oxygen atoms in total. The van der Waals surface area contributed by atoms with Crippen LogP contribution in [-0.4, -0.2) is 13.6 Å². The fourth-order valence-electron chi connectivity index (χ4n) is 2.48. The minimum absolute atomic E-state index is 0. The number of aryl methyl sites for hydroxylation is 1. The van der Waals surface area contributed by atoms with Crippen LogP contribution in [0.15, 0.2) is 59.5 Å². The normalized spacial score (nSPS) is 11.7. The number of rotatable bonds is 8. The van der Waals surface area contributed by atoms with Gasteiger partial charge in [0.15, 0.2) is 0 Å². The SMILES string of the molecule is CCCc1ccccc1S[C@H](CCNC)c1ccccc1.Cl. The van der Waals surface area contributed by atoms with Crippen LogP contribution in [0.4, 0.5) is 0 Å². The van der Waals surface area contributed by atoms with E-state index in [-0.39, 0.29) is 12.4 Å². The Kier molecular flexibility index (Phi) is 9.30. The molecule has 0 saturated carbocycles. The molecule has 2 aromatic carbocycles. The summed E-state index contributed by atoms with van der Waals surface area (Å²) < 4.78 is 0. The maximum absolute atomic E-state index is 3.28. The number of thioether (sulfide) groups is 1. The molecule has 0 aromatic heterocycles. The average molecular weight is 336 g/mol. The lowest BCUT2D eigenvalue weighted by Crippen LogP contribution is -2.11. The highest BCUT2D eigenvalue weighted by atomic mass is 35.5. The van der Waals surface area contributed by atoms with Crippen molar-refractivity contribution >= 4 is 24.2 Å². The number of hydrogen-bond donors (Lipinski definition) is 1. The lowest BCUT2D eigenvalue weighted by molar-refractivity contribution is 0.714. The molecule has 0 fully saturated rings. The van der Waals surface area contributed by atoms with Crippen molar-refractivity contribution in [3.05, 3.63) is 65.7 Å². The number of benzene rings is 2. The molecule has 0 spiro atoms. The third-order valence-corrected chi connectivity index (χ3v) is 5.03. The van der Waals surface area contributed by atoms with E-state index < -0.39 is 0 Å². The minimum Gasteiger partial charge on any atom is -0.320 e. The van der Waals surface area contributed by atoms with Crippen LogP contribution in [0.1, 0.15) is 36.1 Å². The van der Waals surface area contributed by atoms with E-state index in [1.807, 2.05) is 18.8 Å². The average Bonchev–Trinajstić information content (AvgIpc) is 2.54. The molecular weight excluding hydrogens is 310 g/mol. The van der Waals surface area contributed by atoms with E-state index in [4.69, 9.17) is 0 Å². The van der Waals surface area contributed by atoms with Gasteiger partial charge in [0.25, 0.3) is 0 Å². The molecule has 2 aromatic rings. The van der Waals surface area contributed by atoms with E-state index in [0.717, 1.165) is 19.4 Å². The Morgan fingerprint density at radius 2 is 1.68 bits per heavy atom. The zero-order chi connectivity index (χ0) is 14.9. The summed E-state index contributed by atoms with van der Waals surface area (Å²) in [6.45, 7) is 3.29. The van der Waals surface area contributed by atoms with Gasteiger partial charge in [-0.2, -0.15) is 0 Å². The Morgan fingerprint density at radius 1 is 1.00 bits per heavy atom.